The lowest BCUT2D eigenvalue weighted by molar-refractivity contribution is -0.139. The molecule has 62 valence electrons. The van der Waals surface area contributed by atoms with Crippen LogP contribution in [0.1, 0.15) is 20.8 Å². The third-order valence-electron chi connectivity index (χ3n) is 2.26. The van der Waals surface area contributed by atoms with Gasteiger partial charge in [0.15, 0.2) is 0 Å². The van der Waals surface area contributed by atoms with Crippen molar-refractivity contribution < 1.29 is 9.90 Å². The molecule has 3 atom stereocenters. The lowest BCUT2D eigenvalue weighted by atomic mass is 10.2. The van der Waals surface area contributed by atoms with Gasteiger partial charge in [-0.05, 0) is 25.7 Å². The zero-order chi connectivity index (χ0) is 8.59. The summed E-state index contributed by atoms with van der Waals surface area (Å²) in [5.41, 5.74) is 1.21. The first-order valence-corrected chi connectivity index (χ1v) is 3.92. The van der Waals surface area contributed by atoms with Gasteiger partial charge in [-0.2, -0.15) is 0 Å². The van der Waals surface area contributed by atoms with E-state index in [1.807, 2.05) is 20.8 Å². The molecule has 0 aromatic rings. The number of carbonyl (C=O) groups is 1. The van der Waals surface area contributed by atoms with Crippen LogP contribution in [0, 0.1) is 17.8 Å². The van der Waals surface area contributed by atoms with Crippen molar-refractivity contribution in [2.24, 2.45) is 17.8 Å². The number of carboxylic acids is 1. The Morgan fingerprint density at radius 2 is 2.00 bits per heavy atom. The average Bonchev–Trinajstić information content (AvgIpc) is 2.40. The Kier molecular flexibility index (Phi) is 2.03. The van der Waals surface area contributed by atoms with Crippen LogP contribution in [-0.2, 0) is 4.79 Å². The van der Waals surface area contributed by atoms with Gasteiger partial charge in [0.25, 0.3) is 0 Å². The van der Waals surface area contributed by atoms with E-state index in [1.165, 1.54) is 5.57 Å². The molecular formula is C9H14O2. The van der Waals surface area contributed by atoms with Gasteiger partial charge >= 0.3 is 5.97 Å². The van der Waals surface area contributed by atoms with E-state index in [-0.39, 0.29) is 11.8 Å². The van der Waals surface area contributed by atoms with Gasteiger partial charge in [-0.3, -0.25) is 4.79 Å². The number of allylic oxidation sites excluding steroid dienone is 2. The molecule has 2 heteroatoms. The van der Waals surface area contributed by atoms with Gasteiger partial charge in [-0.15, -0.1) is 0 Å². The highest BCUT2D eigenvalue weighted by Gasteiger charge is 2.50. The maximum atomic E-state index is 10.5. The van der Waals surface area contributed by atoms with Crippen LogP contribution >= 0.6 is 0 Å². The summed E-state index contributed by atoms with van der Waals surface area (Å²) in [5, 5.41) is 8.68. The molecule has 1 rings (SSSR count). The van der Waals surface area contributed by atoms with Crippen LogP contribution in [-0.4, -0.2) is 11.1 Å². The minimum absolute atomic E-state index is 0.120. The van der Waals surface area contributed by atoms with Crippen molar-refractivity contribution in [2.45, 2.75) is 20.8 Å². The van der Waals surface area contributed by atoms with Crippen molar-refractivity contribution in [2.75, 3.05) is 0 Å². The van der Waals surface area contributed by atoms with Gasteiger partial charge in [-0.1, -0.05) is 18.6 Å². The molecule has 11 heavy (non-hydrogen) atoms. The number of carboxylic acid groups (broad SMARTS) is 1. The molecule has 1 aliphatic rings. The zero-order valence-electron chi connectivity index (χ0n) is 7.16. The Balaban J connectivity index is 2.55. The number of hydrogen-bond donors (Lipinski definition) is 1. The standard InChI is InChI=1S/C9H14O2/c1-5(2)4-7-6(3)8(7)9(10)11/h4,6-8H,1-3H3,(H,10,11)/t6-,7+,8-/m0/s1. The third kappa shape index (κ3) is 1.62. The summed E-state index contributed by atoms with van der Waals surface area (Å²) in [6.07, 6.45) is 2.06. The molecule has 2 nitrogen and oxygen atoms in total. The molecule has 0 radical (unpaired) electrons. The van der Waals surface area contributed by atoms with Crippen molar-refractivity contribution in [3.05, 3.63) is 11.6 Å². The van der Waals surface area contributed by atoms with E-state index in [0.717, 1.165) is 0 Å². The molecule has 1 aliphatic carbocycles. The quantitative estimate of drug-likeness (QED) is 0.617. The largest absolute Gasteiger partial charge is 0.481 e. The molecule has 0 spiro atoms. The molecule has 0 aromatic heterocycles. The van der Waals surface area contributed by atoms with Gasteiger partial charge in [0.1, 0.15) is 0 Å². The minimum atomic E-state index is -0.653. The van der Waals surface area contributed by atoms with Crippen molar-refractivity contribution >= 4 is 5.97 Å². The van der Waals surface area contributed by atoms with Gasteiger partial charge in [0, 0.05) is 0 Å². The summed E-state index contributed by atoms with van der Waals surface area (Å²) in [5.74, 6) is -0.148. The van der Waals surface area contributed by atoms with Crippen LogP contribution in [0.5, 0.6) is 0 Å². The summed E-state index contributed by atoms with van der Waals surface area (Å²) in [6.45, 7) is 6.00. The second kappa shape index (κ2) is 2.68. The van der Waals surface area contributed by atoms with Crippen LogP contribution < -0.4 is 0 Å². The fraction of sp³-hybridized carbons (Fsp3) is 0.667. The lowest BCUT2D eigenvalue weighted by Crippen LogP contribution is -1.99. The van der Waals surface area contributed by atoms with Crippen LogP contribution in [0.2, 0.25) is 0 Å². The molecule has 1 N–H and O–H groups in total. The molecule has 0 unspecified atom stereocenters. The van der Waals surface area contributed by atoms with Crippen LogP contribution in [0.25, 0.3) is 0 Å². The first-order chi connectivity index (χ1) is 5.04. The summed E-state index contributed by atoms with van der Waals surface area (Å²) in [6, 6.07) is 0. The molecular weight excluding hydrogens is 140 g/mol. The average molecular weight is 154 g/mol. The van der Waals surface area contributed by atoms with E-state index in [2.05, 4.69) is 6.08 Å². The summed E-state index contributed by atoms with van der Waals surface area (Å²) < 4.78 is 0. The number of hydrogen-bond acceptors (Lipinski definition) is 1. The van der Waals surface area contributed by atoms with Gasteiger partial charge in [-0.25, -0.2) is 0 Å². The van der Waals surface area contributed by atoms with Crippen molar-refractivity contribution in [3.63, 3.8) is 0 Å². The minimum Gasteiger partial charge on any atom is -0.481 e. The van der Waals surface area contributed by atoms with Crippen LogP contribution in [0.15, 0.2) is 11.6 Å². The fourth-order valence-electron chi connectivity index (χ4n) is 1.52. The Morgan fingerprint density at radius 1 is 1.45 bits per heavy atom. The smallest absolute Gasteiger partial charge is 0.307 e. The van der Waals surface area contributed by atoms with E-state index < -0.39 is 5.97 Å². The molecule has 0 saturated heterocycles. The highest BCUT2D eigenvalue weighted by molar-refractivity contribution is 5.74. The first kappa shape index (κ1) is 8.31. The topological polar surface area (TPSA) is 37.3 Å². The van der Waals surface area contributed by atoms with E-state index in [0.29, 0.717) is 5.92 Å². The molecule has 0 amide bonds. The molecule has 0 heterocycles. The maximum Gasteiger partial charge on any atom is 0.307 e. The number of rotatable bonds is 2. The van der Waals surface area contributed by atoms with Crippen LogP contribution in [0.4, 0.5) is 0 Å². The lowest BCUT2D eigenvalue weighted by Gasteiger charge is -1.87. The summed E-state index contributed by atoms with van der Waals surface area (Å²) in [4.78, 5) is 10.5. The van der Waals surface area contributed by atoms with Crippen molar-refractivity contribution in [1.82, 2.24) is 0 Å². The predicted octanol–water partition coefficient (Wildman–Crippen LogP) is 1.92. The molecule has 1 fully saturated rings. The van der Waals surface area contributed by atoms with E-state index in [1.54, 1.807) is 0 Å². The SMILES string of the molecule is CC(C)=C[C@@H]1[C@H](C)[C@@H]1C(=O)O. The Morgan fingerprint density at radius 3 is 2.27 bits per heavy atom. The van der Waals surface area contributed by atoms with Gasteiger partial charge in [0.05, 0.1) is 5.92 Å². The van der Waals surface area contributed by atoms with Gasteiger partial charge in [0.2, 0.25) is 0 Å². The normalized spacial score (nSPS) is 34.6. The monoisotopic (exact) mass is 154 g/mol. The molecule has 1 saturated carbocycles. The second-order valence-electron chi connectivity index (χ2n) is 3.54. The van der Waals surface area contributed by atoms with Gasteiger partial charge < -0.3 is 5.11 Å². The highest BCUT2D eigenvalue weighted by Crippen LogP contribution is 2.47. The summed E-state index contributed by atoms with van der Waals surface area (Å²) in [7, 11) is 0. The molecule has 0 aliphatic heterocycles. The van der Waals surface area contributed by atoms with E-state index >= 15 is 0 Å². The molecule has 0 aromatic carbocycles. The number of aliphatic carboxylic acids is 1. The van der Waals surface area contributed by atoms with E-state index in [4.69, 9.17) is 5.11 Å². The third-order valence-corrected chi connectivity index (χ3v) is 2.26. The highest BCUT2D eigenvalue weighted by atomic mass is 16.4. The Labute approximate surface area is 66.9 Å². The Hall–Kier alpha value is -0.790. The Bertz CT molecular complexity index is 202. The van der Waals surface area contributed by atoms with Crippen LogP contribution in [0.3, 0.4) is 0 Å². The van der Waals surface area contributed by atoms with Crippen molar-refractivity contribution in [1.29, 1.82) is 0 Å². The predicted molar refractivity (Wildman–Crippen MR) is 43.2 cm³/mol. The fourth-order valence-corrected chi connectivity index (χ4v) is 1.52. The molecule has 0 bridgehead atoms. The zero-order valence-corrected chi connectivity index (χ0v) is 7.16. The maximum absolute atomic E-state index is 10.5. The first-order valence-electron chi connectivity index (χ1n) is 3.92. The summed E-state index contributed by atoms with van der Waals surface area (Å²) >= 11 is 0. The van der Waals surface area contributed by atoms with E-state index in [9.17, 15) is 4.79 Å². The second-order valence-corrected chi connectivity index (χ2v) is 3.54. The van der Waals surface area contributed by atoms with Crippen molar-refractivity contribution in [3.8, 4) is 0 Å².